The van der Waals surface area contributed by atoms with E-state index in [1.54, 1.807) is 0 Å². The minimum atomic E-state index is 0.121. The first-order chi connectivity index (χ1) is 9.24. The predicted molar refractivity (Wildman–Crippen MR) is 72.9 cm³/mol. The van der Waals surface area contributed by atoms with E-state index in [1.165, 1.54) is 5.56 Å². The molecule has 100 valence electrons. The molecule has 1 heterocycles. The van der Waals surface area contributed by atoms with E-state index in [1.807, 2.05) is 25.1 Å². The van der Waals surface area contributed by atoms with E-state index in [2.05, 4.69) is 32.0 Å². The van der Waals surface area contributed by atoms with E-state index in [-0.39, 0.29) is 6.04 Å². The standard InChI is InChI=1S/C13H16ClN5/c1-8(13-16-18-19-17-13)15-10-6-9(7-10)11-4-2-3-5-12(11)14/h2-5,8-10,15H,6-7H2,1H3,(H,16,17,18,19). The molecule has 1 aromatic heterocycles. The van der Waals surface area contributed by atoms with Gasteiger partial charge >= 0.3 is 0 Å². The maximum atomic E-state index is 6.21. The van der Waals surface area contributed by atoms with Gasteiger partial charge < -0.3 is 5.32 Å². The molecule has 6 heteroatoms. The minimum Gasteiger partial charge on any atom is -0.305 e. The Kier molecular flexibility index (Phi) is 3.48. The Morgan fingerprint density at radius 3 is 2.84 bits per heavy atom. The second-order valence-corrected chi connectivity index (χ2v) is 5.45. The highest BCUT2D eigenvalue weighted by atomic mass is 35.5. The molecule has 3 rings (SSSR count). The molecule has 0 bridgehead atoms. The van der Waals surface area contributed by atoms with Crippen molar-refractivity contribution >= 4 is 11.6 Å². The monoisotopic (exact) mass is 277 g/mol. The molecule has 1 atom stereocenters. The topological polar surface area (TPSA) is 66.5 Å². The number of tetrazole rings is 1. The number of nitrogens with one attached hydrogen (secondary N) is 2. The smallest absolute Gasteiger partial charge is 0.191 e. The average Bonchev–Trinajstić information content (AvgIpc) is 2.88. The fraction of sp³-hybridized carbons (Fsp3) is 0.462. The normalized spacial score (nSPS) is 23.9. The maximum Gasteiger partial charge on any atom is 0.191 e. The van der Waals surface area contributed by atoms with Gasteiger partial charge in [-0.15, -0.1) is 10.2 Å². The first-order valence-electron chi connectivity index (χ1n) is 6.48. The molecule has 0 aliphatic heterocycles. The Labute approximate surface area is 116 Å². The molecule has 1 fully saturated rings. The first kappa shape index (κ1) is 12.6. The zero-order valence-corrected chi connectivity index (χ0v) is 11.4. The summed E-state index contributed by atoms with van der Waals surface area (Å²) in [6.45, 7) is 2.05. The Hall–Kier alpha value is -1.46. The Morgan fingerprint density at radius 2 is 2.16 bits per heavy atom. The number of benzene rings is 1. The van der Waals surface area contributed by atoms with Gasteiger partial charge in [0.05, 0.1) is 6.04 Å². The van der Waals surface area contributed by atoms with Gasteiger partial charge in [-0.1, -0.05) is 35.0 Å². The van der Waals surface area contributed by atoms with Crippen LogP contribution < -0.4 is 5.32 Å². The van der Waals surface area contributed by atoms with Crippen molar-refractivity contribution in [3.8, 4) is 0 Å². The molecule has 0 spiro atoms. The van der Waals surface area contributed by atoms with Crippen molar-refractivity contribution in [1.82, 2.24) is 25.9 Å². The van der Waals surface area contributed by atoms with Gasteiger partial charge in [-0.25, -0.2) is 0 Å². The third-order valence-corrected chi connectivity index (χ3v) is 4.06. The highest BCUT2D eigenvalue weighted by Crippen LogP contribution is 2.40. The van der Waals surface area contributed by atoms with Gasteiger partial charge in [0.1, 0.15) is 0 Å². The molecule has 5 nitrogen and oxygen atoms in total. The average molecular weight is 278 g/mol. The zero-order valence-electron chi connectivity index (χ0n) is 10.7. The van der Waals surface area contributed by atoms with Crippen LogP contribution in [0.15, 0.2) is 24.3 Å². The summed E-state index contributed by atoms with van der Waals surface area (Å²) < 4.78 is 0. The lowest BCUT2D eigenvalue weighted by Crippen LogP contribution is -2.41. The predicted octanol–water partition coefficient (Wildman–Crippen LogP) is 2.45. The third-order valence-electron chi connectivity index (χ3n) is 3.72. The maximum absolute atomic E-state index is 6.21. The molecule has 0 amide bonds. The van der Waals surface area contributed by atoms with Crippen LogP contribution in [0.1, 0.15) is 43.1 Å². The highest BCUT2D eigenvalue weighted by Gasteiger charge is 2.32. The van der Waals surface area contributed by atoms with Crippen LogP contribution in [0.5, 0.6) is 0 Å². The summed E-state index contributed by atoms with van der Waals surface area (Å²) >= 11 is 6.21. The molecule has 1 aromatic carbocycles. The molecule has 0 saturated heterocycles. The number of halogens is 1. The Bertz CT molecular complexity index is 536. The molecular weight excluding hydrogens is 262 g/mol. The second kappa shape index (κ2) is 5.27. The minimum absolute atomic E-state index is 0.121. The van der Waals surface area contributed by atoms with E-state index in [4.69, 9.17) is 11.6 Å². The number of hydrogen-bond acceptors (Lipinski definition) is 4. The lowest BCUT2D eigenvalue weighted by atomic mass is 9.75. The Balaban J connectivity index is 1.55. The van der Waals surface area contributed by atoms with Crippen molar-refractivity contribution in [2.24, 2.45) is 0 Å². The quantitative estimate of drug-likeness (QED) is 0.901. The molecule has 2 N–H and O–H groups in total. The van der Waals surface area contributed by atoms with E-state index in [0.717, 1.165) is 17.9 Å². The van der Waals surface area contributed by atoms with Gasteiger partial charge in [-0.3, -0.25) is 0 Å². The van der Waals surface area contributed by atoms with Gasteiger partial charge in [0.15, 0.2) is 5.82 Å². The summed E-state index contributed by atoms with van der Waals surface area (Å²) in [6, 6.07) is 8.71. The number of rotatable bonds is 4. The van der Waals surface area contributed by atoms with Gasteiger partial charge in [-0.2, -0.15) is 5.21 Å². The third kappa shape index (κ3) is 2.62. The molecule has 1 aliphatic rings. The van der Waals surface area contributed by atoms with Crippen LogP contribution in [0.25, 0.3) is 0 Å². The summed E-state index contributed by atoms with van der Waals surface area (Å²) in [5.74, 6) is 1.27. The molecular formula is C13H16ClN5. The van der Waals surface area contributed by atoms with Crippen molar-refractivity contribution in [3.05, 3.63) is 40.7 Å². The largest absolute Gasteiger partial charge is 0.305 e. The molecule has 2 aromatic rings. The number of aromatic nitrogens is 4. The SMILES string of the molecule is CC(NC1CC(c2ccccc2Cl)C1)c1nn[nH]n1. The van der Waals surface area contributed by atoms with E-state index in [0.29, 0.717) is 17.8 Å². The van der Waals surface area contributed by atoms with Crippen LogP contribution in [-0.4, -0.2) is 26.7 Å². The highest BCUT2D eigenvalue weighted by molar-refractivity contribution is 6.31. The molecule has 0 radical (unpaired) electrons. The molecule has 19 heavy (non-hydrogen) atoms. The van der Waals surface area contributed by atoms with E-state index in [9.17, 15) is 0 Å². The summed E-state index contributed by atoms with van der Waals surface area (Å²) in [4.78, 5) is 0. The molecule has 1 aliphatic carbocycles. The van der Waals surface area contributed by atoms with Gasteiger partial charge in [-0.05, 0) is 37.3 Å². The first-order valence-corrected chi connectivity index (χ1v) is 6.85. The van der Waals surface area contributed by atoms with Gasteiger partial charge in [0, 0.05) is 11.1 Å². The van der Waals surface area contributed by atoms with Crippen LogP contribution in [0.3, 0.4) is 0 Å². The van der Waals surface area contributed by atoms with Crippen molar-refractivity contribution < 1.29 is 0 Å². The summed E-state index contributed by atoms with van der Waals surface area (Å²) in [6.07, 6.45) is 2.21. The fourth-order valence-corrected chi connectivity index (χ4v) is 2.89. The summed E-state index contributed by atoms with van der Waals surface area (Å²) in [7, 11) is 0. The zero-order chi connectivity index (χ0) is 13.2. The lowest BCUT2D eigenvalue weighted by Gasteiger charge is -2.38. The van der Waals surface area contributed by atoms with E-state index < -0.39 is 0 Å². The number of nitrogens with zero attached hydrogens (tertiary/aromatic N) is 3. The van der Waals surface area contributed by atoms with Crippen molar-refractivity contribution in [1.29, 1.82) is 0 Å². The van der Waals surface area contributed by atoms with Crippen molar-refractivity contribution in [2.75, 3.05) is 0 Å². The van der Waals surface area contributed by atoms with Crippen molar-refractivity contribution in [2.45, 2.75) is 37.8 Å². The van der Waals surface area contributed by atoms with Crippen LogP contribution in [0, 0.1) is 0 Å². The number of H-pyrrole nitrogens is 1. The lowest BCUT2D eigenvalue weighted by molar-refractivity contribution is 0.267. The van der Waals surface area contributed by atoms with Crippen LogP contribution in [0.2, 0.25) is 5.02 Å². The molecule has 1 unspecified atom stereocenters. The number of aromatic amines is 1. The molecule has 1 saturated carbocycles. The van der Waals surface area contributed by atoms with E-state index >= 15 is 0 Å². The second-order valence-electron chi connectivity index (χ2n) is 5.05. The Morgan fingerprint density at radius 1 is 1.37 bits per heavy atom. The number of hydrogen-bond donors (Lipinski definition) is 2. The van der Waals surface area contributed by atoms with Gasteiger partial charge in [0.2, 0.25) is 0 Å². The fourth-order valence-electron chi connectivity index (χ4n) is 2.60. The van der Waals surface area contributed by atoms with Gasteiger partial charge in [0.25, 0.3) is 0 Å². The summed E-state index contributed by atoms with van der Waals surface area (Å²) in [5.41, 5.74) is 1.26. The van der Waals surface area contributed by atoms with Crippen LogP contribution in [-0.2, 0) is 0 Å². The summed E-state index contributed by atoms with van der Waals surface area (Å²) in [5, 5.41) is 18.4. The van der Waals surface area contributed by atoms with Crippen molar-refractivity contribution in [3.63, 3.8) is 0 Å². The van der Waals surface area contributed by atoms with Crippen LogP contribution >= 0.6 is 11.6 Å². The van der Waals surface area contributed by atoms with Crippen LogP contribution in [0.4, 0.5) is 0 Å².